The molecule has 0 spiro atoms. The normalized spacial score (nSPS) is 22.3. The first-order chi connectivity index (χ1) is 13.2. The fourth-order valence-electron chi connectivity index (χ4n) is 3.97. The molecule has 0 radical (unpaired) electrons. The standard InChI is InChI=1S/C19H21ClN6O/c20-15-11-23-19(24-12-15)26-6-2-13(3-7-26)16-9-14(16)4-8-27-18-1-5-22-17(10-21)25-18/h1,5,11-14,16H,2-4,6-9H2/t14-,16-/m1/s1. The Labute approximate surface area is 163 Å². The molecule has 1 saturated carbocycles. The van der Waals surface area contributed by atoms with Crippen molar-refractivity contribution in [1.82, 2.24) is 19.9 Å². The quantitative estimate of drug-likeness (QED) is 0.755. The molecule has 2 fully saturated rings. The lowest BCUT2D eigenvalue weighted by atomic mass is 9.90. The summed E-state index contributed by atoms with van der Waals surface area (Å²) in [7, 11) is 0. The van der Waals surface area contributed by atoms with Crippen LogP contribution >= 0.6 is 11.6 Å². The first-order valence-corrected chi connectivity index (χ1v) is 9.69. The topological polar surface area (TPSA) is 87.8 Å². The number of hydrogen-bond donors (Lipinski definition) is 0. The van der Waals surface area contributed by atoms with Crippen LogP contribution in [-0.2, 0) is 0 Å². The Kier molecular flexibility index (Phi) is 5.35. The van der Waals surface area contributed by atoms with E-state index in [0.29, 0.717) is 17.5 Å². The van der Waals surface area contributed by atoms with E-state index in [1.807, 2.05) is 6.07 Å². The van der Waals surface area contributed by atoms with Gasteiger partial charge in [-0.3, -0.25) is 0 Å². The van der Waals surface area contributed by atoms with E-state index in [1.165, 1.54) is 19.3 Å². The van der Waals surface area contributed by atoms with Gasteiger partial charge in [0.2, 0.25) is 17.7 Å². The SMILES string of the molecule is N#Cc1nccc(OCC[C@@H]2C[C@@H]2C2CCN(c3ncc(Cl)cn3)CC2)n1. The van der Waals surface area contributed by atoms with E-state index in [1.54, 1.807) is 24.7 Å². The summed E-state index contributed by atoms with van der Waals surface area (Å²) in [6, 6.07) is 3.62. The molecule has 140 valence electrons. The van der Waals surface area contributed by atoms with Crippen LogP contribution in [0.25, 0.3) is 0 Å². The van der Waals surface area contributed by atoms with Crippen LogP contribution in [0.4, 0.5) is 5.95 Å². The van der Waals surface area contributed by atoms with E-state index in [9.17, 15) is 0 Å². The van der Waals surface area contributed by atoms with Crippen molar-refractivity contribution in [2.45, 2.75) is 25.7 Å². The average Bonchev–Trinajstić information content (AvgIpc) is 3.48. The highest BCUT2D eigenvalue weighted by Gasteiger charge is 2.43. The molecule has 2 aromatic heterocycles. The predicted molar refractivity (Wildman–Crippen MR) is 100 cm³/mol. The Morgan fingerprint density at radius 3 is 2.74 bits per heavy atom. The summed E-state index contributed by atoms with van der Waals surface area (Å²) in [5, 5.41) is 9.39. The van der Waals surface area contributed by atoms with Gasteiger partial charge in [0, 0.05) is 25.4 Å². The minimum Gasteiger partial charge on any atom is -0.478 e. The van der Waals surface area contributed by atoms with E-state index in [0.717, 1.165) is 43.2 Å². The molecule has 0 unspecified atom stereocenters. The van der Waals surface area contributed by atoms with Crippen LogP contribution in [0.15, 0.2) is 24.7 Å². The van der Waals surface area contributed by atoms with Crippen LogP contribution in [0, 0.1) is 29.1 Å². The van der Waals surface area contributed by atoms with E-state index in [-0.39, 0.29) is 5.82 Å². The smallest absolute Gasteiger partial charge is 0.235 e. The van der Waals surface area contributed by atoms with E-state index in [4.69, 9.17) is 21.6 Å². The summed E-state index contributed by atoms with van der Waals surface area (Å²) in [6.45, 7) is 2.65. The molecular formula is C19H21ClN6O. The second-order valence-electron chi connectivity index (χ2n) is 7.15. The van der Waals surface area contributed by atoms with E-state index < -0.39 is 0 Å². The van der Waals surface area contributed by atoms with Gasteiger partial charge in [0.05, 0.1) is 24.0 Å². The van der Waals surface area contributed by atoms with Crippen LogP contribution in [0.5, 0.6) is 5.88 Å². The van der Waals surface area contributed by atoms with Crippen molar-refractivity contribution in [1.29, 1.82) is 5.26 Å². The second-order valence-corrected chi connectivity index (χ2v) is 7.59. The maximum Gasteiger partial charge on any atom is 0.235 e. The molecule has 2 aliphatic rings. The molecule has 27 heavy (non-hydrogen) atoms. The molecule has 1 aliphatic heterocycles. The molecule has 0 bridgehead atoms. The third kappa shape index (κ3) is 4.45. The van der Waals surface area contributed by atoms with Crippen molar-refractivity contribution in [3.05, 3.63) is 35.5 Å². The summed E-state index contributed by atoms with van der Waals surface area (Å²) < 4.78 is 5.68. The second kappa shape index (κ2) is 8.05. The number of nitrogens with zero attached hydrogens (tertiary/aromatic N) is 6. The molecule has 0 amide bonds. The highest BCUT2D eigenvalue weighted by molar-refractivity contribution is 6.30. The summed E-state index contributed by atoms with van der Waals surface area (Å²) in [6.07, 6.45) is 9.57. The monoisotopic (exact) mass is 384 g/mol. The molecular weight excluding hydrogens is 364 g/mol. The van der Waals surface area contributed by atoms with Gasteiger partial charge in [-0.25, -0.2) is 15.0 Å². The first-order valence-electron chi connectivity index (χ1n) is 9.31. The molecule has 2 aromatic rings. The van der Waals surface area contributed by atoms with E-state index >= 15 is 0 Å². The Balaban J connectivity index is 1.19. The Bertz CT molecular complexity index is 816. The third-order valence-electron chi connectivity index (χ3n) is 5.48. The summed E-state index contributed by atoms with van der Waals surface area (Å²) in [5.41, 5.74) is 0. The van der Waals surface area contributed by atoms with Gasteiger partial charge in [0.1, 0.15) is 6.07 Å². The molecule has 2 atom stereocenters. The zero-order valence-electron chi connectivity index (χ0n) is 15.0. The van der Waals surface area contributed by atoms with Crippen molar-refractivity contribution in [2.24, 2.45) is 17.8 Å². The molecule has 0 aromatic carbocycles. The zero-order valence-corrected chi connectivity index (χ0v) is 15.7. The van der Waals surface area contributed by atoms with Crippen LogP contribution in [0.3, 0.4) is 0 Å². The predicted octanol–water partition coefficient (Wildman–Crippen LogP) is 3.11. The van der Waals surface area contributed by atoms with Gasteiger partial charge in [-0.15, -0.1) is 0 Å². The molecule has 4 rings (SSSR count). The first kappa shape index (κ1) is 17.9. The van der Waals surface area contributed by atoms with Gasteiger partial charge in [-0.2, -0.15) is 10.2 Å². The lowest BCUT2D eigenvalue weighted by Crippen LogP contribution is -2.35. The highest BCUT2D eigenvalue weighted by Crippen LogP contribution is 2.49. The van der Waals surface area contributed by atoms with Gasteiger partial charge in [-0.1, -0.05) is 11.6 Å². The maximum atomic E-state index is 8.82. The van der Waals surface area contributed by atoms with Gasteiger partial charge in [-0.05, 0) is 43.4 Å². The Morgan fingerprint density at radius 1 is 1.22 bits per heavy atom. The zero-order chi connectivity index (χ0) is 18.6. The van der Waals surface area contributed by atoms with Crippen molar-refractivity contribution in [3.63, 3.8) is 0 Å². The van der Waals surface area contributed by atoms with Crippen molar-refractivity contribution >= 4 is 17.5 Å². The van der Waals surface area contributed by atoms with Gasteiger partial charge in [0.15, 0.2) is 0 Å². The lowest BCUT2D eigenvalue weighted by Gasteiger charge is -2.32. The van der Waals surface area contributed by atoms with Crippen molar-refractivity contribution in [2.75, 3.05) is 24.6 Å². The number of hydrogen-bond acceptors (Lipinski definition) is 7. The van der Waals surface area contributed by atoms with Gasteiger partial charge in [0.25, 0.3) is 0 Å². The van der Waals surface area contributed by atoms with Crippen molar-refractivity contribution < 1.29 is 4.74 Å². The van der Waals surface area contributed by atoms with Crippen molar-refractivity contribution in [3.8, 4) is 11.9 Å². The average molecular weight is 385 g/mol. The minimum atomic E-state index is 0.147. The molecule has 1 saturated heterocycles. The molecule has 8 heteroatoms. The highest BCUT2D eigenvalue weighted by atomic mass is 35.5. The summed E-state index contributed by atoms with van der Waals surface area (Å²) in [5.74, 6) is 3.73. The molecule has 7 nitrogen and oxygen atoms in total. The Morgan fingerprint density at radius 2 is 2.00 bits per heavy atom. The third-order valence-corrected chi connectivity index (χ3v) is 5.68. The number of ether oxygens (including phenoxy) is 1. The number of anilines is 1. The summed E-state index contributed by atoms with van der Waals surface area (Å²) >= 11 is 5.86. The fraction of sp³-hybridized carbons (Fsp3) is 0.526. The number of nitriles is 1. The lowest BCUT2D eigenvalue weighted by molar-refractivity contribution is 0.275. The number of halogens is 1. The fourth-order valence-corrected chi connectivity index (χ4v) is 4.07. The number of rotatable bonds is 6. The van der Waals surface area contributed by atoms with Crippen LogP contribution in [-0.4, -0.2) is 39.6 Å². The number of aromatic nitrogens is 4. The minimum absolute atomic E-state index is 0.147. The van der Waals surface area contributed by atoms with Crippen LogP contribution < -0.4 is 9.64 Å². The number of piperidine rings is 1. The molecule has 0 N–H and O–H groups in total. The summed E-state index contributed by atoms with van der Waals surface area (Å²) in [4.78, 5) is 18.8. The largest absolute Gasteiger partial charge is 0.478 e. The van der Waals surface area contributed by atoms with E-state index in [2.05, 4.69) is 24.8 Å². The molecule has 1 aliphatic carbocycles. The van der Waals surface area contributed by atoms with Gasteiger partial charge >= 0.3 is 0 Å². The van der Waals surface area contributed by atoms with Crippen LogP contribution in [0.2, 0.25) is 5.02 Å². The Hall–Kier alpha value is -2.46. The maximum absolute atomic E-state index is 8.82. The van der Waals surface area contributed by atoms with Crippen LogP contribution in [0.1, 0.15) is 31.5 Å². The molecule has 3 heterocycles. The van der Waals surface area contributed by atoms with Gasteiger partial charge < -0.3 is 9.64 Å².